The lowest BCUT2D eigenvalue weighted by Gasteiger charge is -2.34. The van der Waals surface area contributed by atoms with Gasteiger partial charge in [0.15, 0.2) is 0 Å². The number of hydrogen-bond acceptors (Lipinski definition) is 7. The number of ether oxygens (including phenoxy) is 1. The van der Waals surface area contributed by atoms with Crippen molar-refractivity contribution in [2.24, 2.45) is 0 Å². The van der Waals surface area contributed by atoms with Crippen molar-refractivity contribution in [1.82, 2.24) is 19.6 Å². The molecule has 10 heteroatoms. The molecule has 2 rings (SSSR count). The van der Waals surface area contributed by atoms with E-state index in [0.717, 1.165) is 11.5 Å². The molecule has 21 heavy (non-hydrogen) atoms. The van der Waals surface area contributed by atoms with Crippen LogP contribution in [0, 0.1) is 6.92 Å². The minimum Gasteiger partial charge on any atom is -0.469 e. The number of urea groups is 1. The van der Waals surface area contributed by atoms with E-state index in [1.54, 1.807) is 6.92 Å². The van der Waals surface area contributed by atoms with E-state index >= 15 is 0 Å². The Hall–Kier alpha value is -2.23. The molecule has 1 saturated heterocycles. The van der Waals surface area contributed by atoms with Gasteiger partial charge in [0, 0.05) is 24.6 Å². The number of nitrogens with zero attached hydrogens (tertiary/aromatic N) is 3. The van der Waals surface area contributed by atoms with Crippen LogP contribution in [0.5, 0.6) is 0 Å². The molecule has 0 bridgehead atoms. The van der Waals surface area contributed by atoms with Gasteiger partial charge in [-0.05, 0) is 6.92 Å². The summed E-state index contributed by atoms with van der Waals surface area (Å²) in [5, 5.41) is 5.54. The number of rotatable bonds is 3. The molecular formula is C11H15N5O4S. The number of carbonyl (C=O) groups is 3. The van der Waals surface area contributed by atoms with Crippen LogP contribution in [0.15, 0.2) is 0 Å². The van der Waals surface area contributed by atoms with E-state index in [-0.39, 0.29) is 12.3 Å². The number of anilines is 1. The van der Waals surface area contributed by atoms with E-state index in [2.05, 4.69) is 24.7 Å². The van der Waals surface area contributed by atoms with Crippen LogP contribution < -0.4 is 10.6 Å². The van der Waals surface area contributed by atoms with Crippen molar-refractivity contribution in [3.63, 3.8) is 0 Å². The Morgan fingerprint density at radius 3 is 2.95 bits per heavy atom. The Labute approximate surface area is 124 Å². The van der Waals surface area contributed by atoms with Gasteiger partial charge < -0.3 is 15.0 Å². The van der Waals surface area contributed by atoms with Gasteiger partial charge in [0.1, 0.15) is 11.9 Å². The number of amides is 3. The maximum Gasteiger partial charge on any atom is 0.324 e. The smallest absolute Gasteiger partial charge is 0.324 e. The number of hydrogen-bond donors (Lipinski definition) is 2. The summed E-state index contributed by atoms with van der Waals surface area (Å²) in [6.45, 7) is 2.34. The first-order chi connectivity index (χ1) is 10.0. The summed E-state index contributed by atoms with van der Waals surface area (Å²) in [6, 6.07) is -1.38. The van der Waals surface area contributed by atoms with Crippen LogP contribution in [0.2, 0.25) is 0 Å². The highest BCUT2D eigenvalue weighted by Crippen LogP contribution is 2.15. The summed E-state index contributed by atoms with van der Waals surface area (Å²) in [4.78, 5) is 40.8. The highest BCUT2D eigenvalue weighted by Gasteiger charge is 2.35. The first-order valence-electron chi connectivity index (χ1n) is 6.23. The predicted molar refractivity (Wildman–Crippen MR) is 73.8 cm³/mol. The Kier molecular flexibility index (Phi) is 4.68. The average molecular weight is 313 g/mol. The molecule has 0 unspecified atom stereocenters. The summed E-state index contributed by atoms with van der Waals surface area (Å²) in [5.41, 5.74) is 0. The second kappa shape index (κ2) is 6.48. The standard InChI is InChI=1S/C11H15N5O4S/c1-6-13-10(21-15-6)14-11(19)16-4-3-12-9(18)7(16)5-8(17)20-2/h7H,3-5H2,1-2H3,(H,12,18)(H,13,14,15,19)/t7-/m0/s1. The maximum atomic E-state index is 12.2. The molecule has 0 radical (unpaired) electrons. The second-order valence-electron chi connectivity index (χ2n) is 4.36. The summed E-state index contributed by atoms with van der Waals surface area (Å²) < 4.78 is 8.51. The Morgan fingerprint density at radius 1 is 1.57 bits per heavy atom. The predicted octanol–water partition coefficient (Wildman–Crippen LogP) is -0.258. The zero-order chi connectivity index (χ0) is 15.4. The van der Waals surface area contributed by atoms with Gasteiger partial charge in [-0.3, -0.25) is 14.9 Å². The highest BCUT2D eigenvalue weighted by molar-refractivity contribution is 7.09. The van der Waals surface area contributed by atoms with Gasteiger partial charge in [0.2, 0.25) is 11.0 Å². The van der Waals surface area contributed by atoms with Crippen LogP contribution in [0.3, 0.4) is 0 Å². The number of piperazine rings is 1. The van der Waals surface area contributed by atoms with Gasteiger partial charge in [-0.1, -0.05) is 0 Å². The molecule has 1 atom stereocenters. The molecular weight excluding hydrogens is 298 g/mol. The fourth-order valence-electron chi connectivity index (χ4n) is 1.91. The topological polar surface area (TPSA) is 114 Å². The molecule has 0 saturated carbocycles. The quantitative estimate of drug-likeness (QED) is 0.743. The molecule has 1 aliphatic rings. The lowest BCUT2D eigenvalue weighted by atomic mass is 10.1. The van der Waals surface area contributed by atoms with Crippen LogP contribution in [0.1, 0.15) is 12.2 Å². The molecule has 1 aromatic rings. The number of aromatic nitrogens is 2. The first kappa shape index (κ1) is 15.2. The minimum absolute atomic E-state index is 0.190. The van der Waals surface area contributed by atoms with Crippen LogP contribution in [-0.2, 0) is 14.3 Å². The molecule has 0 spiro atoms. The lowest BCUT2D eigenvalue weighted by molar-refractivity contribution is -0.145. The lowest BCUT2D eigenvalue weighted by Crippen LogP contribution is -2.58. The van der Waals surface area contributed by atoms with Gasteiger partial charge in [-0.15, -0.1) is 0 Å². The molecule has 1 aromatic heterocycles. The van der Waals surface area contributed by atoms with Gasteiger partial charge in [-0.2, -0.15) is 4.37 Å². The zero-order valence-electron chi connectivity index (χ0n) is 11.6. The normalized spacial score (nSPS) is 18.1. The van der Waals surface area contributed by atoms with Crippen LogP contribution in [0.4, 0.5) is 9.93 Å². The van der Waals surface area contributed by atoms with E-state index in [9.17, 15) is 14.4 Å². The Bertz CT molecular complexity index is 561. The number of nitrogens with one attached hydrogen (secondary N) is 2. The number of esters is 1. The minimum atomic E-state index is -0.889. The third-order valence-corrected chi connectivity index (χ3v) is 3.64. The van der Waals surface area contributed by atoms with Crippen molar-refractivity contribution in [1.29, 1.82) is 0 Å². The van der Waals surface area contributed by atoms with Crippen molar-refractivity contribution < 1.29 is 19.1 Å². The molecule has 0 aromatic carbocycles. The van der Waals surface area contributed by atoms with E-state index in [1.807, 2.05) is 0 Å². The number of methoxy groups -OCH3 is 1. The van der Waals surface area contributed by atoms with Crippen molar-refractivity contribution in [3.8, 4) is 0 Å². The molecule has 114 valence electrons. The SMILES string of the molecule is COC(=O)C[C@H]1C(=O)NCCN1C(=O)Nc1nc(C)ns1. The third kappa shape index (κ3) is 3.66. The van der Waals surface area contributed by atoms with Crippen LogP contribution in [-0.4, -0.2) is 58.4 Å². The third-order valence-electron chi connectivity index (χ3n) is 2.92. The van der Waals surface area contributed by atoms with Crippen LogP contribution >= 0.6 is 11.5 Å². The summed E-state index contributed by atoms with van der Waals surface area (Å²) in [5.74, 6) is -0.380. The van der Waals surface area contributed by atoms with Gasteiger partial charge in [0.05, 0.1) is 13.5 Å². The Morgan fingerprint density at radius 2 is 2.33 bits per heavy atom. The fourth-order valence-corrected chi connectivity index (χ4v) is 2.48. The summed E-state index contributed by atoms with van der Waals surface area (Å²) in [6.07, 6.45) is -0.190. The summed E-state index contributed by atoms with van der Waals surface area (Å²) >= 11 is 1.05. The highest BCUT2D eigenvalue weighted by atomic mass is 32.1. The second-order valence-corrected chi connectivity index (χ2v) is 5.11. The van der Waals surface area contributed by atoms with E-state index in [0.29, 0.717) is 24.0 Å². The monoisotopic (exact) mass is 313 g/mol. The zero-order valence-corrected chi connectivity index (χ0v) is 12.4. The first-order valence-corrected chi connectivity index (χ1v) is 7.01. The van der Waals surface area contributed by atoms with Gasteiger partial charge in [-0.25, -0.2) is 9.78 Å². The van der Waals surface area contributed by atoms with Gasteiger partial charge >= 0.3 is 12.0 Å². The van der Waals surface area contributed by atoms with Crippen molar-refractivity contribution in [3.05, 3.63) is 5.82 Å². The van der Waals surface area contributed by atoms with E-state index in [4.69, 9.17) is 0 Å². The summed E-state index contributed by atoms with van der Waals surface area (Å²) in [7, 11) is 1.23. The largest absolute Gasteiger partial charge is 0.469 e. The van der Waals surface area contributed by atoms with Crippen LogP contribution in [0.25, 0.3) is 0 Å². The molecule has 1 aliphatic heterocycles. The molecule has 9 nitrogen and oxygen atoms in total. The molecule has 0 aliphatic carbocycles. The maximum absolute atomic E-state index is 12.2. The van der Waals surface area contributed by atoms with Crippen molar-refractivity contribution in [2.45, 2.75) is 19.4 Å². The number of carbonyl (C=O) groups excluding carboxylic acids is 3. The van der Waals surface area contributed by atoms with Gasteiger partial charge in [0.25, 0.3) is 0 Å². The molecule has 1 fully saturated rings. The molecule has 2 heterocycles. The van der Waals surface area contributed by atoms with Crippen molar-refractivity contribution >= 4 is 34.6 Å². The molecule has 2 N–H and O–H groups in total. The Balaban J connectivity index is 2.08. The fraction of sp³-hybridized carbons (Fsp3) is 0.545. The van der Waals surface area contributed by atoms with E-state index < -0.39 is 18.0 Å². The van der Waals surface area contributed by atoms with Crippen molar-refractivity contribution in [2.75, 3.05) is 25.5 Å². The molecule has 3 amide bonds. The average Bonchev–Trinajstić information content (AvgIpc) is 2.86. The van der Waals surface area contributed by atoms with E-state index in [1.165, 1.54) is 12.0 Å². The number of aryl methyl sites for hydroxylation is 1.